The molecule has 0 aliphatic carbocycles. The summed E-state index contributed by atoms with van der Waals surface area (Å²) < 4.78 is 9.35. The van der Waals surface area contributed by atoms with Gasteiger partial charge in [-0.3, -0.25) is 4.57 Å². The van der Waals surface area contributed by atoms with Gasteiger partial charge in [-0.15, -0.1) is 0 Å². The van der Waals surface area contributed by atoms with Crippen molar-refractivity contribution in [3.05, 3.63) is 108 Å². The van der Waals surface area contributed by atoms with Gasteiger partial charge in [0.05, 0.1) is 0 Å². The first-order valence-corrected chi connectivity index (χ1v) is 9.07. The van der Waals surface area contributed by atoms with Crippen LogP contribution >= 0.6 is 12.2 Å². The molecule has 0 unspecified atom stereocenters. The van der Waals surface area contributed by atoms with E-state index in [-0.39, 0.29) is 0 Å². The standard InChI is InChI=1S/C21H21N4S/c26-21-24(16-20-9-5-2-6-10-20)13-14-25(21)18-23-12-11-22(17-23)15-19-7-3-1-4-8-19/h1-14,17H,15-16,18H2/q+1. The second kappa shape index (κ2) is 7.54. The quantitative estimate of drug-likeness (QED) is 0.378. The lowest BCUT2D eigenvalue weighted by atomic mass is 10.2. The summed E-state index contributed by atoms with van der Waals surface area (Å²) in [6, 6.07) is 20.9. The highest BCUT2D eigenvalue weighted by atomic mass is 32.1. The Morgan fingerprint density at radius 1 is 0.731 bits per heavy atom. The van der Waals surface area contributed by atoms with E-state index in [0.717, 1.165) is 17.9 Å². The normalized spacial score (nSPS) is 10.9. The lowest BCUT2D eigenvalue weighted by Gasteiger charge is -2.03. The van der Waals surface area contributed by atoms with Crippen molar-refractivity contribution in [2.75, 3.05) is 0 Å². The fraction of sp³-hybridized carbons (Fsp3) is 0.143. The number of benzene rings is 2. The minimum atomic E-state index is 0.711. The summed E-state index contributed by atoms with van der Waals surface area (Å²) in [6.45, 7) is 2.38. The Morgan fingerprint density at radius 2 is 1.35 bits per heavy atom. The van der Waals surface area contributed by atoms with Gasteiger partial charge in [-0.2, -0.15) is 0 Å². The molecule has 0 aliphatic heterocycles. The van der Waals surface area contributed by atoms with Crippen molar-refractivity contribution in [2.24, 2.45) is 0 Å². The maximum Gasteiger partial charge on any atom is 0.245 e. The van der Waals surface area contributed by atoms with Gasteiger partial charge in [0.1, 0.15) is 18.9 Å². The molecule has 0 bridgehead atoms. The first kappa shape index (κ1) is 16.5. The van der Waals surface area contributed by atoms with Gasteiger partial charge in [0.25, 0.3) is 0 Å². The second-order valence-corrected chi connectivity index (χ2v) is 6.76. The fourth-order valence-electron chi connectivity index (χ4n) is 3.05. The maximum atomic E-state index is 5.64. The van der Waals surface area contributed by atoms with Crippen LogP contribution in [0, 0.1) is 4.77 Å². The average Bonchev–Trinajstić information content (AvgIpc) is 3.25. The molecule has 0 fully saturated rings. The van der Waals surface area contributed by atoms with Gasteiger partial charge in [-0.25, -0.2) is 9.13 Å². The highest BCUT2D eigenvalue weighted by Gasteiger charge is 2.07. The zero-order chi connectivity index (χ0) is 17.8. The third-order valence-electron chi connectivity index (χ3n) is 4.38. The molecule has 2 heterocycles. The molecule has 0 N–H and O–H groups in total. The molecule has 4 rings (SSSR count). The van der Waals surface area contributed by atoms with Crippen LogP contribution < -0.4 is 4.57 Å². The van der Waals surface area contributed by atoms with Crippen LogP contribution in [0.4, 0.5) is 0 Å². The highest BCUT2D eigenvalue weighted by molar-refractivity contribution is 7.71. The summed E-state index contributed by atoms with van der Waals surface area (Å²) in [6.07, 6.45) is 10.4. The van der Waals surface area contributed by atoms with Crippen LogP contribution in [0.3, 0.4) is 0 Å². The SMILES string of the molecule is S=c1n(Cc2ccccc2)ccn1C[n+]1ccn(Cc2ccccc2)c1. The Labute approximate surface area is 158 Å². The molecule has 2 aromatic carbocycles. The van der Waals surface area contributed by atoms with Gasteiger partial charge in [0.2, 0.25) is 6.33 Å². The minimum absolute atomic E-state index is 0.711. The van der Waals surface area contributed by atoms with E-state index in [0.29, 0.717) is 6.67 Å². The molecule has 4 nitrogen and oxygen atoms in total. The molecule has 0 saturated carbocycles. The summed E-state index contributed by atoms with van der Waals surface area (Å²) in [4.78, 5) is 0. The Morgan fingerprint density at radius 3 is 2.04 bits per heavy atom. The molecule has 0 aliphatic rings. The van der Waals surface area contributed by atoms with Crippen molar-refractivity contribution >= 4 is 12.2 Å². The molecular weight excluding hydrogens is 340 g/mol. The number of rotatable bonds is 6. The second-order valence-electron chi connectivity index (χ2n) is 6.39. The van der Waals surface area contributed by atoms with Crippen molar-refractivity contribution in [3.63, 3.8) is 0 Å². The predicted molar refractivity (Wildman–Crippen MR) is 104 cm³/mol. The smallest absolute Gasteiger partial charge is 0.245 e. The highest BCUT2D eigenvalue weighted by Crippen LogP contribution is 2.05. The maximum absolute atomic E-state index is 5.64. The monoisotopic (exact) mass is 361 g/mol. The molecule has 2 aromatic heterocycles. The topological polar surface area (TPSA) is 18.7 Å². The zero-order valence-electron chi connectivity index (χ0n) is 14.5. The molecular formula is C21H21N4S+. The van der Waals surface area contributed by atoms with Crippen LogP contribution in [0.25, 0.3) is 0 Å². The Kier molecular flexibility index (Phi) is 4.80. The van der Waals surface area contributed by atoms with Crippen molar-refractivity contribution in [1.82, 2.24) is 13.7 Å². The van der Waals surface area contributed by atoms with Crippen LogP contribution in [-0.4, -0.2) is 13.7 Å². The number of hydrogen-bond acceptors (Lipinski definition) is 1. The van der Waals surface area contributed by atoms with E-state index >= 15 is 0 Å². The van der Waals surface area contributed by atoms with Gasteiger partial charge < -0.3 is 4.57 Å². The van der Waals surface area contributed by atoms with E-state index < -0.39 is 0 Å². The van der Waals surface area contributed by atoms with Crippen LogP contribution in [0.1, 0.15) is 11.1 Å². The molecule has 0 radical (unpaired) electrons. The van der Waals surface area contributed by atoms with Crippen molar-refractivity contribution < 1.29 is 4.57 Å². The van der Waals surface area contributed by atoms with E-state index in [2.05, 4.69) is 91.7 Å². The van der Waals surface area contributed by atoms with E-state index in [4.69, 9.17) is 12.2 Å². The fourth-order valence-corrected chi connectivity index (χ4v) is 3.29. The molecule has 0 spiro atoms. The number of hydrogen-bond donors (Lipinski definition) is 0. The van der Waals surface area contributed by atoms with E-state index in [1.807, 2.05) is 18.3 Å². The van der Waals surface area contributed by atoms with Crippen LogP contribution in [0.5, 0.6) is 0 Å². The lowest BCUT2D eigenvalue weighted by Crippen LogP contribution is -2.35. The number of aromatic nitrogens is 4. The summed E-state index contributed by atoms with van der Waals surface area (Å²) in [7, 11) is 0. The number of nitrogens with zero attached hydrogens (tertiary/aromatic N) is 4. The Hall–Kier alpha value is -2.92. The molecule has 0 amide bonds. The van der Waals surface area contributed by atoms with E-state index in [9.17, 15) is 0 Å². The first-order chi connectivity index (χ1) is 12.8. The first-order valence-electron chi connectivity index (χ1n) is 8.66. The largest absolute Gasteiger partial charge is 0.319 e. The minimum Gasteiger partial charge on any atom is -0.319 e. The summed E-state index contributed by atoms with van der Waals surface area (Å²) in [5, 5.41) is 0. The van der Waals surface area contributed by atoms with Gasteiger partial charge in [0, 0.05) is 18.9 Å². The molecule has 4 aromatic rings. The molecule has 0 atom stereocenters. The summed E-state index contributed by atoms with van der Waals surface area (Å²) in [5.74, 6) is 0. The summed E-state index contributed by atoms with van der Waals surface area (Å²) in [5.41, 5.74) is 2.55. The van der Waals surface area contributed by atoms with Gasteiger partial charge >= 0.3 is 0 Å². The molecule has 130 valence electrons. The van der Waals surface area contributed by atoms with E-state index in [1.54, 1.807) is 0 Å². The third kappa shape index (κ3) is 3.83. The van der Waals surface area contributed by atoms with E-state index in [1.165, 1.54) is 11.1 Å². The van der Waals surface area contributed by atoms with Crippen molar-refractivity contribution in [2.45, 2.75) is 19.8 Å². The lowest BCUT2D eigenvalue weighted by molar-refractivity contribution is -0.701. The average molecular weight is 361 g/mol. The molecule has 0 saturated heterocycles. The Bertz CT molecular complexity index is 1030. The Balaban J connectivity index is 1.46. The van der Waals surface area contributed by atoms with Crippen molar-refractivity contribution in [3.8, 4) is 0 Å². The third-order valence-corrected chi connectivity index (χ3v) is 4.85. The number of imidazole rings is 2. The molecule has 26 heavy (non-hydrogen) atoms. The predicted octanol–water partition coefficient (Wildman–Crippen LogP) is 3.71. The van der Waals surface area contributed by atoms with Gasteiger partial charge in [-0.05, 0) is 23.3 Å². The van der Waals surface area contributed by atoms with Gasteiger partial charge in [0.15, 0.2) is 11.4 Å². The van der Waals surface area contributed by atoms with Crippen molar-refractivity contribution in [1.29, 1.82) is 0 Å². The van der Waals surface area contributed by atoms with Crippen LogP contribution in [0.2, 0.25) is 0 Å². The zero-order valence-corrected chi connectivity index (χ0v) is 15.3. The molecule has 5 heteroatoms. The summed E-state index contributed by atoms with van der Waals surface area (Å²) >= 11 is 5.64. The van der Waals surface area contributed by atoms with Crippen LogP contribution in [0.15, 0.2) is 91.8 Å². The van der Waals surface area contributed by atoms with Gasteiger partial charge in [-0.1, -0.05) is 60.7 Å². The van der Waals surface area contributed by atoms with Crippen LogP contribution in [-0.2, 0) is 19.8 Å².